The number of ether oxygens (including phenoxy) is 1. The minimum absolute atomic E-state index is 0.252. The predicted molar refractivity (Wildman–Crippen MR) is 70.7 cm³/mol. The Kier molecular flexibility index (Phi) is 2.91. The normalized spacial score (nSPS) is 10.8. The lowest BCUT2D eigenvalue weighted by molar-refractivity contribution is 0.286. The van der Waals surface area contributed by atoms with E-state index in [1.165, 1.54) is 6.07 Å². The van der Waals surface area contributed by atoms with E-state index < -0.39 is 0 Å². The Morgan fingerprint density at radius 3 is 3.00 bits per heavy atom. The molecule has 0 spiro atoms. The van der Waals surface area contributed by atoms with Crippen molar-refractivity contribution in [3.05, 3.63) is 65.9 Å². The maximum atomic E-state index is 13.5. The first-order valence-electron chi connectivity index (χ1n) is 6.04. The number of aromatic nitrogens is 2. The monoisotopic (exact) mass is 256 g/mol. The van der Waals surface area contributed by atoms with Crippen LogP contribution < -0.4 is 4.74 Å². The molecule has 0 radical (unpaired) electrons. The van der Waals surface area contributed by atoms with Crippen LogP contribution in [0.1, 0.15) is 11.3 Å². The molecule has 2 heterocycles. The number of halogens is 1. The van der Waals surface area contributed by atoms with Crippen LogP contribution in [0.15, 0.2) is 48.8 Å². The quantitative estimate of drug-likeness (QED) is 0.718. The highest BCUT2D eigenvalue weighted by molar-refractivity contribution is 5.39. The van der Waals surface area contributed by atoms with Gasteiger partial charge in [0.15, 0.2) is 11.6 Å². The summed E-state index contributed by atoms with van der Waals surface area (Å²) in [6.45, 7) is 2.15. The molecule has 1 aromatic carbocycles. The highest BCUT2D eigenvalue weighted by Gasteiger charge is 2.06. The Labute approximate surface area is 110 Å². The lowest BCUT2D eigenvalue weighted by Gasteiger charge is -2.06. The van der Waals surface area contributed by atoms with Crippen LogP contribution >= 0.6 is 0 Å². The maximum Gasteiger partial charge on any atom is 0.165 e. The van der Waals surface area contributed by atoms with Gasteiger partial charge in [0.05, 0.1) is 5.69 Å². The number of fused-ring (bicyclic) bond motifs is 1. The Hall–Kier alpha value is -2.36. The van der Waals surface area contributed by atoms with Crippen molar-refractivity contribution in [3.8, 4) is 5.75 Å². The molecule has 0 amide bonds. The molecule has 19 heavy (non-hydrogen) atoms. The van der Waals surface area contributed by atoms with Crippen LogP contribution in [0, 0.1) is 12.7 Å². The number of pyridine rings is 1. The van der Waals surface area contributed by atoms with Gasteiger partial charge >= 0.3 is 0 Å². The zero-order chi connectivity index (χ0) is 13.2. The number of hydrogen-bond acceptors (Lipinski definition) is 2. The Balaban J connectivity index is 1.80. The van der Waals surface area contributed by atoms with Gasteiger partial charge in [-0.15, -0.1) is 0 Å². The van der Waals surface area contributed by atoms with Crippen molar-refractivity contribution >= 4 is 5.65 Å². The summed E-state index contributed by atoms with van der Waals surface area (Å²) in [6.07, 6.45) is 3.79. The topological polar surface area (TPSA) is 26.5 Å². The van der Waals surface area contributed by atoms with Gasteiger partial charge in [-0.1, -0.05) is 12.1 Å². The van der Waals surface area contributed by atoms with Gasteiger partial charge in [0.1, 0.15) is 12.3 Å². The zero-order valence-corrected chi connectivity index (χ0v) is 10.5. The van der Waals surface area contributed by atoms with Crippen LogP contribution in [0.5, 0.6) is 5.75 Å². The first-order valence-corrected chi connectivity index (χ1v) is 6.04. The van der Waals surface area contributed by atoms with Gasteiger partial charge in [0.25, 0.3) is 0 Å². The van der Waals surface area contributed by atoms with Gasteiger partial charge < -0.3 is 9.14 Å². The van der Waals surface area contributed by atoms with Crippen LogP contribution in [0.25, 0.3) is 5.65 Å². The molecule has 0 saturated heterocycles. The van der Waals surface area contributed by atoms with Crippen molar-refractivity contribution in [1.29, 1.82) is 0 Å². The average Bonchev–Trinajstić information content (AvgIpc) is 2.82. The molecule has 4 heteroatoms. The van der Waals surface area contributed by atoms with Crippen molar-refractivity contribution in [1.82, 2.24) is 9.38 Å². The summed E-state index contributed by atoms with van der Waals surface area (Å²) in [7, 11) is 0. The highest BCUT2D eigenvalue weighted by Crippen LogP contribution is 2.19. The van der Waals surface area contributed by atoms with Gasteiger partial charge in [-0.2, -0.15) is 0 Å². The molecule has 0 aliphatic rings. The number of aryl methyl sites for hydroxylation is 1. The number of rotatable bonds is 3. The molecule has 0 unspecified atom stereocenters. The second-order valence-corrected chi connectivity index (χ2v) is 4.42. The third-order valence-electron chi connectivity index (χ3n) is 2.88. The second-order valence-electron chi connectivity index (χ2n) is 4.42. The average molecular weight is 256 g/mol. The van der Waals surface area contributed by atoms with Crippen molar-refractivity contribution in [2.45, 2.75) is 13.5 Å². The molecule has 0 N–H and O–H groups in total. The van der Waals surface area contributed by atoms with Crippen LogP contribution in [0.4, 0.5) is 4.39 Å². The molecule has 3 aromatic rings. The molecule has 0 aliphatic heterocycles. The van der Waals surface area contributed by atoms with Crippen molar-refractivity contribution in [3.63, 3.8) is 0 Å². The Morgan fingerprint density at radius 2 is 2.16 bits per heavy atom. The number of imidazole rings is 1. The SMILES string of the molecule is Cc1ccc(F)c(OCc2cn3ccccc3n2)c1. The number of hydrogen-bond donors (Lipinski definition) is 0. The fourth-order valence-electron chi connectivity index (χ4n) is 1.93. The summed E-state index contributed by atoms with van der Waals surface area (Å²) in [5.74, 6) is -0.0913. The van der Waals surface area contributed by atoms with Crippen LogP contribution in [0.3, 0.4) is 0 Å². The van der Waals surface area contributed by atoms with E-state index in [1.807, 2.05) is 41.9 Å². The van der Waals surface area contributed by atoms with Crippen molar-refractivity contribution in [2.75, 3.05) is 0 Å². The number of benzene rings is 1. The Bertz CT molecular complexity index is 688. The van der Waals surface area contributed by atoms with E-state index in [4.69, 9.17) is 4.74 Å². The van der Waals surface area contributed by atoms with E-state index in [0.29, 0.717) is 0 Å². The fraction of sp³-hybridized carbons (Fsp3) is 0.133. The van der Waals surface area contributed by atoms with E-state index in [0.717, 1.165) is 16.9 Å². The summed E-state index contributed by atoms with van der Waals surface area (Å²) < 4.78 is 20.9. The number of nitrogens with zero attached hydrogens (tertiary/aromatic N) is 2. The van der Waals surface area contributed by atoms with Crippen LogP contribution in [-0.4, -0.2) is 9.38 Å². The molecular weight excluding hydrogens is 243 g/mol. The molecule has 96 valence electrons. The minimum atomic E-state index is -0.352. The molecule has 2 aromatic heterocycles. The van der Waals surface area contributed by atoms with Crippen molar-refractivity contribution < 1.29 is 9.13 Å². The summed E-state index contributed by atoms with van der Waals surface area (Å²) in [5, 5.41) is 0. The summed E-state index contributed by atoms with van der Waals surface area (Å²) in [4.78, 5) is 4.40. The van der Waals surface area contributed by atoms with Crippen LogP contribution in [0.2, 0.25) is 0 Å². The summed E-state index contributed by atoms with van der Waals surface area (Å²) in [5.41, 5.74) is 2.59. The molecule has 0 bridgehead atoms. The molecule has 3 nitrogen and oxygen atoms in total. The molecule has 0 atom stereocenters. The lowest BCUT2D eigenvalue weighted by atomic mass is 10.2. The maximum absolute atomic E-state index is 13.5. The minimum Gasteiger partial charge on any atom is -0.484 e. The van der Waals surface area contributed by atoms with E-state index >= 15 is 0 Å². The van der Waals surface area contributed by atoms with Crippen molar-refractivity contribution in [2.24, 2.45) is 0 Å². The molecular formula is C15H13FN2O. The van der Waals surface area contributed by atoms with E-state index in [-0.39, 0.29) is 18.2 Å². The first-order chi connectivity index (χ1) is 9.22. The van der Waals surface area contributed by atoms with Gasteiger partial charge in [-0.25, -0.2) is 9.37 Å². The Morgan fingerprint density at radius 1 is 1.26 bits per heavy atom. The van der Waals surface area contributed by atoms with E-state index in [2.05, 4.69) is 4.98 Å². The summed E-state index contributed by atoms with van der Waals surface area (Å²) >= 11 is 0. The third-order valence-corrected chi connectivity index (χ3v) is 2.88. The lowest BCUT2D eigenvalue weighted by Crippen LogP contribution is -1.98. The largest absolute Gasteiger partial charge is 0.484 e. The van der Waals surface area contributed by atoms with Gasteiger partial charge in [-0.3, -0.25) is 0 Å². The molecule has 3 rings (SSSR count). The van der Waals surface area contributed by atoms with Gasteiger partial charge in [0, 0.05) is 12.4 Å². The standard InChI is InChI=1S/C15H13FN2O/c1-11-5-6-13(16)14(8-11)19-10-12-9-18-7-3-2-4-15(18)17-12/h2-9H,10H2,1H3. The van der Waals surface area contributed by atoms with Crippen LogP contribution in [-0.2, 0) is 6.61 Å². The summed E-state index contributed by atoms with van der Waals surface area (Å²) in [6, 6.07) is 10.6. The molecule has 0 aliphatic carbocycles. The van der Waals surface area contributed by atoms with Gasteiger partial charge in [0.2, 0.25) is 0 Å². The first kappa shape index (κ1) is 11.7. The van der Waals surface area contributed by atoms with E-state index in [1.54, 1.807) is 12.1 Å². The predicted octanol–water partition coefficient (Wildman–Crippen LogP) is 3.36. The smallest absolute Gasteiger partial charge is 0.165 e. The zero-order valence-electron chi connectivity index (χ0n) is 10.5. The van der Waals surface area contributed by atoms with Gasteiger partial charge in [-0.05, 0) is 36.8 Å². The fourth-order valence-corrected chi connectivity index (χ4v) is 1.93. The molecule has 0 fully saturated rings. The van der Waals surface area contributed by atoms with E-state index in [9.17, 15) is 4.39 Å². The molecule has 0 saturated carbocycles. The third kappa shape index (κ3) is 2.42. The highest BCUT2D eigenvalue weighted by atomic mass is 19.1. The second kappa shape index (κ2) is 4.72.